The van der Waals surface area contributed by atoms with Gasteiger partial charge in [0.25, 0.3) is 10.2 Å². The minimum absolute atomic E-state index is 0.306. The molecular weight excluding hydrogens is 380 g/mol. The van der Waals surface area contributed by atoms with Crippen molar-refractivity contribution in [1.29, 1.82) is 0 Å². The molecule has 0 aliphatic rings. The molecule has 1 aromatic heterocycles. The quantitative estimate of drug-likeness (QED) is 0.600. The second-order valence-corrected chi connectivity index (χ2v) is 8.94. The number of ether oxygens (including phenoxy) is 2. The van der Waals surface area contributed by atoms with Gasteiger partial charge < -0.3 is 9.47 Å². The molecule has 0 unspecified atom stereocenters. The van der Waals surface area contributed by atoms with Crippen molar-refractivity contribution in [3.05, 3.63) is 20.8 Å². The number of halogens is 1. The molecule has 0 saturated heterocycles. The molecule has 0 atom stereocenters. The maximum Gasteiger partial charge on any atom is 0.282 e. The van der Waals surface area contributed by atoms with E-state index in [2.05, 4.69) is 15.9 Å². The molecule has 122 valence electrons. The highest BCUT2D eigenvalue weighted by Gasteiger charge is 2.26. The molecule has 0 aliphatic heterocycles. The Bertz CT molecular complexity index is 513. The van der Waals surface area contributed by atoms with Crippen molar-refractivity contribution in [2.24, 2.45) is 0 Å². The molecule has 0 spiro atoms. The van der Waals surface area contributed by atoms with Crippen molar-refractivity contribution >= 4 is 37.5 Å². The Labute approximate surface area is 139 Å². The number of hydrogen-bond acceptors (Lipinski definition) is 5. The SMILES string of the molecule is COCCN(CCOC)S(=O)(=O)N(C)Cc1ccc(Br)s1. The molecule has 0 aliphatic carbocycles. The van der Waals surface area contributed by atoms with Crippen molar-refractivity contribution < 1.29 is 17.9 Å². The van der Waals surface area contributed by atoms with Gasteiger partial charge in [0.1, 0.15) is 0 Å². The van der Waals surface area contributed by atoms with E-state index in [-0.39, 0.29) is 0 Å². The fourth-order valence-electron chi connectivity index (χ4n) is 1.66. The largest absolute Gasteiger partial charge is 0.383 e. The molecule has 0 radical (unpaired) electrons. The van der Waals surface area contributed by atoms with Crippen LogP contribution in [-0.4, -0.2) is 64.6 Å². The van der Waals surface area contributed by atoms with Gasteiger partial charge in [0.2, 0.25) is 0 Å². The lowest BCUT2D eigenvalue weighted by molar-refractivity contribution is 0.147. The summed E-state index contributed by atoms with van der Waals surface area (Å²) < 4.78 is 38.8. The van der Waals surface area contributed by atoms with E-state index in [4.69, 9.17) is 9.47 Å². The summed E-state index contributed by atoms with van der Waals surface area (Å²) in [6, 6.07) is 3.82. The Morgan fingerprint density at radius 1 is 1.19 bits per heavy atom. The molecular formula is C12H21BrN2O4S2. The highest BCUT2D eigenvalue weighted by Crippen LogP contribution is 2.24. The van der Waals surface area contributed by atoms with Gasteiger partial charge in [-0.25, -0.2) is 0 Å². The van der Waals surface area contributed by atoms with Crippen LogP contribution in [0.1, 0.15) is 4.88 Å². The average molecular weight is 401 g/mol. The molecule has 0 aromatic carbocycles. The summed E-state index contributed by atoms with van der Waals surface area (Å²) in [5.41, 5.74) is 0. The number of methoxy groups -OCH3 is 2. The smallest absolute Gasteiger partial charge is 0.282 e. The lowest BCUT2D eigenvalue weighted by Crippen LogP contribution is -2.44. The molecule has 0 saturated carbocycles. The third kappa shape index (κ3) is 5.93. The van der Waals surface area contributed by atoms with Gasteiger partial charge in [-0.15, -0.1) is 11.3 Å². The van der Waals surface area contributed by atoms with Gasteiger partial charge >= 0.3 is 0 Å². The Morgan fingerprint density at radius 2 is 1.76 bits per heavy atom. The average Bonchev–Trinajstić information content (AvgIpc) is 2.84. The van der Waals surface area contributed by atoms with E-state index in [1.165, 1.54) is 19.9 Å². The van der Waals surface area contributed by atoms with Crippen LogP contribution in [0, 0.1) is 0 Å². The van der Waals surface area contributed by atoms with E-state index >= 15 is 0 Å². The van der Waals surface area contributed by atoms with Crippen molar-refractivity contribution in [2.75, 3.05) is 47.6 Å². The van der Waals surface area contributed by atoms with E-state index in [0.29, 0.717) is 32.8 Å². The Balaban J connectivity index is 2.76. The molecule has 6 nitrogen and oxygen atoms in total. The first-order valence-electron chi connectivity index (χ1n) is 6.35. The molecule has 0 N–H and O–H groups in total. The van der Waals surface area contributed by atoms with Crippen LogP contribution in [0.25, 0.3) is 0 Å². The van der Waals surface area contributed by atoms with Crippen molar-refractivity contribution in [3.63, 3.8) is 0 Å². The van der Waals surface area contributed by atoms with E-state index in [0.717, 1.165) is 8.66 Å². The van der Waals surface area contributed by atoms with Gasteiger partial charge in [-0.2, -0.15) is 17.0 Å². The van der Waals surface area contributed by atoms with Crippen LogP contribution in [0.2, 0.25) is 0 Å². The minimum Gasteiger partial charge on any atom is -0.383 e. The van der Waals surface area contributed by atoms with Crippen LogP contribution in [0.4, 0.5) is 0 Å². The zero-order valence-corrected chi connectivity index (χ0v) is 15.6. The first-order chi connectivity index (χ1) is 9.91. The highest BCUT2D eigenvalue weighted by molar-refractivity contribution is 9.11. The summed E-state index contributed by atoms with van der Waals surface area (Å²) >= 11 is 4.90. The minimum atomic E-state index is -3.54. The number of thiophene rings is 1. The lowest BCUT2D eigenvalue weighted by Gasteiger charge is -2.26. The zero-order chi connectivity index (χ0) is 15.9. The molecule has 0 amide bonds. The third-order valence-electron chi connectivity index (χ3n) is 2.82. The van der Waals surface area contributed by atoms with Gasteiger partial charge in [-0.05, 0) is 28.1 Å². The van der Waals surface area contributed by atoms with Crippen molar-refractivity contribution in [1.82, 2.24) is 8.61 Å². The fourth-order valence-corrected chi connectivity index (χ4v) is 4.59. The molecule has 1 heterocycles. The van der Waals surface area contributed by atoms with Gasteiger partial charge in [0.15, 0.2) is 0 Å². The van der Waals surface area contributed by atoms with Gasteiger partial charge in [-0.3, -0.25) is 0 Å². The van der Waals surface area contributed by atoms with Crippen molar-refractivity contribution in [3.8, 4) is 0 Å². The predicted octanol–water partition coefficient (Wildman–Crippen LogP) is 1.78. The Morgan fingerprint density at radius 3 is 2.19 bits per heavy atom. The predicted molar refractivity (Wildman–Crippen MR) is 87.7 cm³/mol. The lowest BCUT2D eigenvalue weighted by atomic mass is 10.5. The number of rotatable bonds is 10. The molecule has 1 rings (SSSR count). The highest BCUT2D eigenvalue weighted by atomic mass is 79.9. The van der Waals surface area contributed by atoms with Crippen LogP contribution in [-0.2, 0) is 26.2 Å². The normalized spacial score (nSPS) is 12.5. The first-order valence-corrected chi connectivity index (χ1v) is 9.36. The topological polar surface area (TPSA) is 59.1 Å². The summed E-state index contributed by atoms with van der Waals surface area (Å²) in [6.07, 6.45) is 0. The third-order valence-corrected chi connectivity index (χ3v) is 6.36. The second kappa shape index (κ2) is 9.19. The molecule has 0 bridgehead atoms. The van der Waals surface area contributed by atoms with Crippen LogP contribution in [0.15, 0.2) is 15.9 Å². The molecule has 9 heteroatoms. The summed E-state index contributed by atoms with van der Waals surface area (Å²) in [5.74, 6) is 0. The standard InChI is InChI=1S/C12H21BrN2O4S2/c1-14(10-11-4-5-12(13)20-11)21(16,17)15(6-8-18-2)7-9-19-3/h4-5H,6-10H2,1-3H3. The zero-order valence-electron chi connectivity index (χ0n) is 12.4. The Hall–Kier alpha value is -0.0300. The van der Waals surface area contributed by atoms with E-state index < -0.39 is 10.2 Å². The number of nitrogens with zero attached hydrogens (tertiary/aromatic N) is 2. The summed E-state index contributed by atoms with van der Waals surface area (Å²) in [6.45, 7) is 1.65. The number of hydrogen-bond donors (Lipinski definition) is 0. The van der Waals surface area contributed by atoms with E-state index in [1.807, 2.05) is 12.1 Å². The molecule has 21 heavy (non-hydrogen) atoms. The van der Waals surface area contributed by atoms with E-state index in [9.17, 15) is 8.42 Å². The van der Waals surface area contributed by atoms with Gasteiger partial charge in [0, 0.05) is 45.8 Å². The van der Waals surface area contributed by atoms with Crippen LogP contribution < -0.4 is 0 Å². The van der Waals surface area contributed by atoms with Gasteiger partial charge in [-0.1, -0.05) is 0 Å². The molecule has 1 aromatic rings. The van der Waals surface area contributed by atoms with Gasteiger partial charge in [0.05, 0.1) is 17.0 Å². The molecule has 0 fully saturated rings. The summed E-state index contributed by atoms with van der Waals surface area (Å²) in [4.78, 5) is 0.978. The summed E-state index contributed by atoms with van der Waals surface area (Å²) in [5, 5.41) is 0. The van der Waals surface area contributed by atoms with Crippen molar-refractivity contribution in [2.45, 2.75) is 6.54 Å². The van der Waals surface area contributed by atoms with Crippen LogP contribution in [0.5, 0.6) is 0 Å². The van der Waals surface area contributed by atoms with Crippen LogP contribution >= 0.6 is 27.3 Å². The summed E-state index contributed by atoms with van der Waals surface area (Å²) in [7, 11) is 1.14. The maximum absolute atomic E-state index is 12.6. The fraction of sp³-hybridized carbons (Fsp3) is 0.667. The first kappa shape index (κ1) is 19.0. The van der Waals surface area contributed by atoms with Crippen LogP contribution in [0.3, 0.4) is 0 Å². The maximum atomic E-state index is 12.6. The van der Waals surface area contributed by atoms with E-state index in [1.54, 1.807) is 21.3 Å². The Kier molecular flexibility index (Phi) is 8.32. The second-order valence-electron chi connectivity index (χ2n) is 4.35. The monoisotopic (exact) mass is 400 g/mol.